The van der Waals surface area contributed by atoms with Crippen LogP contribution in [0.25, 0.3) is 0 Å². The van der Waals surface area contributed by atoms with Gasteiger partial charge < -0.3 is 19.8 Å². The monoisotopic (exact) mass is 466 g/mol. The van der Waals surface area contributed by atoms with Crippen LogP contribution < -0.4 is 21.0 Å². The normalized spacial score (nSPS) is 19.1. The van der Waals surface area contributed by atoms with Gasteiger partial charge in [0.1, 0.15) is 12.6 Å². The van der Waals surface area contributed by atoms with E-state index in [4.69, 9.17) is 9.16 Å². The van der Waals surface area contributed by atoms with Gasteiger partial charge in [-0.2, -0.15) is 0 Å². The summed E-state index contributed by atoms with van der Waals surface area (Å²) in [7, 11) is -2.67. The summed E-state index contributed by atoms with van der Waals surface area (Å²) in [5.74, 6) is -0.234. The molecule has 0 saturated carbocycles. The lowest BCUT2D eigenvalue weighted by atomic mass is 9.88. The number of carbonyl (C=O) groups is 2. The molecule has 0 bridgehead atoms. The van der Waals surface area contributed by atoms with Crippen LogP contribution in [0.3, 0.4) is 0 Å². The summed E-state index contributed by atoms with van der Waals surface area (Å²) in [6.45, 7) is 12.8. The van der Waals surface area contributed by atoms with Gasteiger partial charge in [-0.25, -0.2) is 4.79 Å². The summed E-state index contributed by atoms with van der Waals surface area (Å²) < 4.78 is 11.9. The Hall–Kier alpha value is -2.90. The molecule has 1 fully saturated rings. The van der Waals surface area contributed by atoms with Gasteiger partial charge in [-0.1, -0.05) is 101 Å². The highest BCUT2D eigenvalue weighted by Gasteiger charge is 2.51. The molecule has 7 heteroatoms. The molecule has 0 unspecified atom stereocenters. The van der Waals surface area contributed by atoms with Crippen molar-refractivity contribution in [3.8, 4) is 0 Å². The largest absolute Gasteiger partial charge is 0.445 e. The van der Waals surface area contributed by atoms with E-state index < -0.39 is 20.5 Å². The Morgan fingerprint density at radius 1 is 1.12 bits per heavy atom. The fraction of sp³-hybridized carbons (Fsp3) is 0.385. The minimum Gasteiger partial charge on any atom is -0.445 e. The SMILES string of the molecule is C=CCOC(=O)N[C@@H]1C(=O)N[C@@H]1[C@H](C)CO[Si](c1ccccc1)(c1ccccc1)C(C)(C)C. The zero-order chi connectivity index (χ0) is 24.1. The first kappa shape index (κ1) is 24.7. The summed E-state index contributed by atoms with van der Waals surface area (Å²) in [6, 6.07) is 20.0. The van der Waals surface area contributed by atoms with Crippen LogP contribution in [-0.4, -0.2) is 45.6 Å². The second kappa shape index (κ2) is 10.4. The lowest BCUT2D eigenvalue weighted by Gasteiger charge is -2.45. The van der Waals surface area contributed by atoms with Gasteiger partial charge in [0.2, 0.25) is 5.91 Å². The van der Waals surface area contributed by atoms with Crippen molar-refractivity contribution in [2.75, 3.05) is 13.2 Å². The average Bonchev–Trinajstić information content (AvgIpc) is 2.80. The third-order valence-electron chi connectivity index (χ3n) is 6.15. The first-order chi connectivity index (χ1) is 15.7. The van der Waals surface area contributed by atoms with Crippen LogP contribution in [0.1, 0.15) is 27.7 Å². The van der Waals surface area contributed by atoms with Crippen molar-refractivity contribution in [1.29, 1.82) is 0 Å². The molecule has 1 aliphatic rings. The molecule has 176 valence electrons. The zero-order valence-electron chi connectivity index (χ0n) is 19.8. The van der Waals surface area contributed by atoms with Gasteiger partial charge in [0.25, 0.3) is 8.32 Å². The zero-order valence-corrected chi connectivity index (χ0v) is 20.8. The lowest BCUT2D eigenvalue weighted by Crippen LogP contribution is -2.72. The van der Waals surface area contributed by atoms with E-state index in [1.165, 1.54) is 16.4 Å². The molecular weight excluding hydrogens is 432 g/mol. The Balaban J connectivity index is 1.83. The second-order valence-electron chi connectivity index (χ2n) is 9.50. The van der Waals surface area contributed by atoms with E-state index in [9.17, 15) is 9.59 Å². The molecule has 0 aromatic heterocycles. The number of carbonyl (C=O) groups excluding carboxylic acids is 2. The molecule has 2 aromatic rings. The predicted molar refractivity (Wildman–Crippen MR) is 133 cm³/mol. The number of amides is 2. The summed E-state index contributed by atoms with van der Waals surface area (Å²) in [5, 5.41) is 7.85. The summed E-state index contributed by atoms with van der Waals surface area (Å²) in [4.78, 5) is 24.1. The third kappa shape index (κ3) is 5.20. The summed E-state index contributed by atoms with van der Waals surface area (Å²) >= 11 is 0. The number of ether oxygens (including phenoxy) is 1. The van der Waals surface area contributed by atoms with Crippen LogP contribution >= 0.6 is 0 Å². The molecule has 33 heavy (non-hydrogen) atoms. The topological polar surface area (TPSA) is 76.7 Å². The van der Waals surface area contributed by atoms with E-state index in [2.05, 4.69) is 86.5 Å². The first-order valence-electron chi connectivity index (χ1n) is 11.3. The van der Waals surface area contributed by atoms with Crippen LogP contribution in [0.4, 0.5) is 4.79 Å². The van der Waals surface area contributed by atoms with Gasteiger partial charge in [-0.15, -0.1) is 0 Å². The van der Waals surface area contributed by atoms with Crippen molar-refractivity contribution in [3.05, 3.63) is 73.3 Å². The average molecular weight is 467 g/mol. The molecule has 2 amide bonds. The van der Waals surface area contributed by atoms with E-state index in [-0.39, 0.29) is 29.5 Å². The number of rotatable bonds is 9. The van der Waals surface area contributed by atoms with Gasteiger partial charge in [-0.05, 0) is 15.4 Å². The maximum atomic E-state index is 12.1. The fourth-order valence-corrected chi connectivity index (χ4v) is 9.12. The Kier molecular flexibility index (Phi) is 7.76. The van der Waals surface area contributed by atoms with E-state index in [0.717, 1.165) is 0 Å². The Labute approximate surface area is 197 Å². The van der Waals surface area contributed by atoms with Crippen molar-refractivity contribution < 1.29 is 18.8 Å². The number of alkyl carbamates (subject to hydrolysis) is 1. The molecule has 2 aromatic carbocycles. The number of nitrogens with one attached hydrogen (secondary N) is 2. The minimum atomic E-state index is -2.67. The van der Waals surface area contributed by atoms with Gasteiger partial charge >= 0.3 is 6.09 Å². The van der Waals surface area contributed by atoms with Crippen LogP contribution in [0, 0.1) is 5.92 Å². The van der Waals surface area contributed by atoms with Crippen LogP contribution in [-0.2, 0) is 14.0 Å². The van der Waals surface area contributed by atoms with Crippen molar-refractivity contribution in [3.63, 3.8) is 0 Å². The fourth-order valence-electron chi connectivity index (χ4n) is 4.46. The molecule has 1 saturated heterocycles. The third-order valence-corrected chi connectivity index (χ3v) is 11.2. The number of β-lactam (4-membered cyclic amide) rings is 1. The van der Waals surface area contributed by atoms with Crippen LogP contribution in [0.5, 0.6) is 0 Å². The van der Waals surface area contributed by atoms with Crippen LogP contribution in [0.2, 0.25) is 5.04 Å². The smallest absolute Gasteiger partial charge is 0.408 e. The second-order valence-corrected chi connectivity index (χ2v) is 13.8. The molecule has 3 atom stereocenters. The first-order valence-corrected chi connectivity index (χ1v) is 13.2. The van der Waals surface area contributed by atoms with Crippen molar-refractivity contribution in [1.82, 2.24) is 10.6 Å². The number of hydrogen-bond donors (Lipinski definition) is 2. The maximum absolute atomic E-state index is 12.1. The predicted octanol–water partition coefficient (Wildman–Crippen LogP) is 2.98. The summed E-state index contributed by atoms with van der Waals surface area (Å²) in [5.41, 5.74) is 0. The summed E-state index contributed by atoms with van der Waals surface area (Å²) in [6.07, 6.45) is 0.859. The van der Waals surface area contributed by atoms with E-state index in [1.54, 1.807) is 0 Å². The van der Waals surface area contributed by atoms with E-state index in [0.29, 0.717) is 6.61 Å². The van der Waals surface area contributed by atoms with Crippen LogP contribution in [0.15, 0.2) is 73.3 Å². The quantitative estimate of drug-likeness (QED) is 0.338. The Morgan fingerprint density at radius 2 is 1.67 bits per heavy atom. The molecule has 1 heterocycles. The molecule has 0 aliphatic carbocycles. The van der Waals surface area contributed by atoms with Crippen molar-refractivity contribution in [2.24, 2.45) is 5.92 Å². The Bertz CT molecular complexity index is 920. The van der Waals surface area contributed by atoms with E-state index in [1.807, 2.05) is 19.1 Å². The minimum absolute atomic E-state index is 0.0194. The molecule has 0 spiro atoms. The van der Waals surface area contributed by atoms with Crippen molar-refractivity contribution >= 4 is 30.7 Å². The van der Waals surface area contributed by atoms with Gasteiger partial charge in [0, 0.05) is 12.5 Å². The molecule has 2 N–H and O–H groups in total. The molecule has 3 rings (SSSR count). The molecule has 0 radical (unpaired) electrons. The van der Waals surface area contributed by atoms with Gasteiger partial charge in [0.05, 0.1) is 6.04 Å². The molecular formula is C26H34N2O4Si. The number of hydrogen-bond acceptors (Lipinski definition) is 4. The highest BCUT2D eigenvalue weighted by atomic mass is 28.4. The highest BCUT2D eigenvalue weighted by molar-refractivity contribution is 6.99. The molecule has 1 aliphatic heterocycles. The maximum Gasteiger partial charge on any atom is 0.408 e. The van der Waals surface area contributed by atoms with Gasteiger partial charge in [0.15, 0.2) is 0 Å². The van der Waals surface area contributed by atoms with Crippen molar-refractivity contribution in [2.45, 2.75) is 44.8 Å². The highest BCUT2D eigenvalue weighted by Crippen LogP contribution is 2.37. The lowest BCUT2D eigenvalue weighted by molar-refractivity contribution is -0.133. The van der Waals surface area contributed by atoms with E-state index >= 15 is 0 Å². The Morgan fingerprint density at radius 3 is 2.12 bits per heavy atom. The molecule has 6 nitrogen and oxygen atoms in total. The number of benzene rings is 2. The standard InChI is InChI=1S/C26H34N2O4Si/c1-6-17-31-25(30)28-23-22(27-24(23)29)19(2)18-32-33(26(3,4)5,20-13-9-7-10-14-20)21-15-11-8-12-16-21/h6-16,19,22-23H,1,17-18H2,2-5H3,(H,27,29)(H,28,30)/t19-,22-,23+/m1/s1. The van der Waals surface area contributed by atoms with Gasteiger partial charge in [-0.3, -0.25) is 4.79 Å².